The maximum absolute atomic E-state index is 12.7. The van der Waals surface area contributed by atoms with Crippen LogP contribution >= 0.6 is 0 Å². The summed E-state index contributed by atoms with van der Waals surface area (Å²) in [4.78, 5) is 60.0. The first kappa shape index (κ1) is 26.2. The monoisotopic (exact) mass is 445 g/mol. The second-order valence-electron chi connectivity index (χ2n) is 8.39. The molecule has 1 N–H and O–H groups in total. The zero-order valence-corrected chi connectivity index (χ0v) is 18.7. The SMILES string of the molecule is CC(C)C(=O)O[C@H]1[C@H](C)OC(=O)[C@@H](NC(=O)OC(C)(C)C)COC(=O)[C@@H]1CCOC=O. The summed E-state index contributed by atoms with van der Waals surface area (Å²) in [7, 11) is 0. The van der Waals surface area contributed by atoms with Crippen molar-refractivity contribution in [2.24, 2.45) is 11.8 Å². The number of hydrogen-bond acceptors (Lipinski definition) is 10. The Kier molecular flexibility index (Phi) is 9.73. The van der Waals surface area contributed by atoms with Crippen LogP contribution in [0.3, 0.4) is 0 Å². The van der Waals surface area contributed by atoms with E-state index in [1.807, 2.05) is 0 Å². The van der Waals surface area contributed by atoms with E-state index in [0.29, 0.717) is 0 Å². The third kappa shape index (κ3) is 8.81. The van der Waals surface area contributed by atoms with Gasteiger partial charge in [-0.1, -0.05) is 13.8 Å². The normalized spacial score (nSPS) is 24.6. The van der Waals surface area contributed by atoms with Crippen LogP contribution in [-0.4, -0.2) is 67.5 Å². The summed E-state index contributed by atoms with van der Waals surface area (Å²) in [5.41, 5.74) is -0.809. The Morgan fingerprint density at radius 2 is 1.87 bits per heavy atom. The molecule has 31 heavy (non-hydrogen) atoms. The van der Waals surface area contributed by atoms with Gasteiger partial charge in [0, 0.05) is 0 Å². The van der Waals surface area contributed by atoms with Crippen molar-refractivity contribution in [3.63, 3.8) is 0 Å². The zero-order valence-electron chi connectivity index (χ0n) is 18.7. The molecule has 0 bridgehead atoms. The highest BCUT2D eigenvalue weighted by Gasteiger charge is 2.42. The summed E-state index contributed by atoms with van der Waals surface area (Å²) < 4.78 is 25.8. The minimum Gasteiger partial charge on any atom is -0.468 e. The van der Waals surface area contributed by atoms with Crippen LogP contribution < -0.4 is 5.32 Å². The standard InChI is InChI=1S/C20H31NO10/c1-11(2)16(23)30-15-12(3)29-18(25)14(21-19(26)31-20(4,5)6)9-28-17(24)13(15)7-8-27-10-22/h10-15H,7-9H2,1-6H3,(H,21,26)/t12-,13+,14-,15-/m0/s1. The largest absolute Gasteiger partial charge is 0.468 e. The predicted molar refractivity (Wildman–Crippen MR) is 105 cm³/mol. The number of ether oxygens (including phenoxy) is 5. The number of esters is 3. The maximum atomic E-state index is 12.7. The molecule has 1 amide bonds. The summed E-state index contributed by atoms with van der Waals surface area (Å²) in [6.45, 7) is 9.18. The molecule has 0 aliphatic carbocycles. The van der Waals surface area contributed by atoms with Gasteiger partial charge in [-0.2, -0.15) is 0 Å². The van der Waals surface area contributed by atoms with E-state index in [9.17, 15) is 24.0 Å². The van der Waals surface area contributed by atoms with Crippen LogP contribution in [0.25, 0.3) is 0 Å². The van der Waals surface area contributed by atoms with Crippen molar-refractivity contribution in [1.29, 1.82) is 0 Å². The van der Waals surface area contributed by atoms with E-state index in [2.05, 4.69) is 10.1 Å². The minimum atomic E-state index is -1.33. The first-order valence-corrected chi connectivity index (χ1v) is 9.98. The first-order valence-electron chi connectivity index (χ1n) is 9.98. The third-order valence-electron chi connectivity index (χ3n) is 4.17. The molecule has 1 saturated heterocycles. The van der Waals surface area contributed by atoms with Crippen molar-refractivity contribution < 1.29 is 47.7 Å². The lowest BCUT2D eigenvalue weighted by Crippen LogP contribution is -2.48. The van der Waals surface area contributed by atoms with Gasteiger partial charge in [-0.3, -0.25) is 14.4 Å². The van der Waals surface area contributed by atoms with Gasteiger partial charge in [0.1, 0.15) is 24.2 Å². The van der Waals surface area contributed by atoms with E-state index in [4.69, 9.17) is 18.9 Å². The lowest BCUT2D eigenvalue weighted by Gasteiger charge is -2.29. The van der Waals surface area contributed by atoms with Crippen LogP contribution in [0.15, 0.2) is 0 Å². The van der Waals surface area contributed by atoms with Crippen molar-refractivity contribution in [1.82, 2.24) is 5.32 Å². The molecule has 11 nitrogen and oxygen atoms in total. The number of cyclic esters (lactones) is 2. The maximum Gasteiger partial charge on any atom is 0.408 e. The first-order chi connectivity index (χ1) is 14.4. The number of nitrogens with one attached hydrogen (secondary N) is 1. The number of carbonyl (C=O) groups is 5. The number of amides is 1. The van der Waals surface area contributed by atoms with Gasteiger partial charge in [-0.05, 0) is 34.1 Å². The van der Waals surface area contributed by atoms with E-state index >= 15 is 0 Å². The van der Waals surface area contributed by atoms with Gasteiger partial charge >= 0.3 is 24.0 Å². The fraction of sp³-hybridized carbons (Fsp3) is 0.750. The number of carbonyl (C=O) groups excluding carboxylic acids is 5. The molecular formula is C20H31NO10. The number of hydrogen-bond donors (Lipinski definition) is 1. The number of alkyl carbamates (subject to hydrolysis) is 1. The molecule has 0 aromatic heterocycles. The molecule has 1 aliphatic rings. The summed E-state index contributed by atoms with van der Waals surface area (Å²) in [5, 5.41) is 2.31. The molecule has 0 saturated carbocycles. The van der Waals surface area contributed by atoms with Gasteiger partial charge in [-0.25, -0.2) is 9.59 Å². The van der Waals surface area contributed by atoms with E-state index in [1.54, 1.807) is 34.6 Å². The van der Waals surface area contributed by atoms with Gasteiger partial charge in [0.25, 0.3) is 6.47 Å². The Hall–Kier alpha value is -2.85. The topological polar surface area (TPSA) is 144 Å². The zero-order chi connectivity index (χ0) is 23.8. The molecule has 11 heteroatoms. The highest BCUT2D eigenvalue weighted by atomic mass is 16.6. The average Bonchev–Trinajstić information content (AvgIpc) is 2.67. The molecule has 1 fully saturated rings. The van der Waals surface area contributed by atoms with Crippen LogP contribution in [0.5, 0.6) is 0 Å². The van der Waals surface area contributed by atoms with E-state index in [-0.39, 0.29) is 19.5 Å². The smallest absolute Gasteiger partial charge is 0.408 e. The van der Waals surface area contributed by atoms with Crippen molar-refractivity contribution in [3.05, 3.63) is 0 Å². The Balaban J connectivity index is 3.09. The lowest BCUT2D eigenvalue weighted by molar-refractivity contribution is -0.177. The summed E-state index contributed by atoms with van der Waals surface area (Å²) in [6.07, 6.45) is -3.15. The predicted octanol–water partition coefficient (Wildman–Crippen LogP) is 1.12. The number of rotatable bonds is 7. The van der Waals surface area contributed by atoms with Crippen LogP contribution in [0.2, 0.25) is 0 Å². The third-order valence-corrected chi connectivity index (χ3v) is 4.17. The molecular weight excluding hydrogens is 414 g/mol. The van der Waals surface area contributed by atoms with Crippen LogP contribution in [-0.2, 0) is 42.9 Å². The van der Waals surface area contributed by atoms with E-state index in [0.717, 1.165) is 0 Å². The average molecular weight is 445 g/mol. The van der Waals surface area contributed by atoms with E-state index in [1.165, 1.54) is 6.92 Å². The molecule has 4 atom stereocenters. The second kappa shape index (κ2) is 11.5. The fourth-order valence-electron chi connectivity index (χ4n) is 2.66. The van der Waals surface area contributed by atoms with Crippen molar-refractivity contribution in [2.45, 2.75) is 71.8 Å². The highest BCUT2D eigenvalue weighted by Crippen LogP contribution is 2.24. The fourth-order valence-corrected chi connectivity index (χ4v) is 2.66. The molecule has 0 aromatic rings. The van der Waals surface area contributed by atoms with Gasteiger partial charge in [-0.15, -0.1) is 0 Å². The molecule has 0 radical (unpaired) electrons. The molecule has 1 aliphatic heterocycles. The van der Waals surface area contributed by atoms with Crippen LogP contribution in [0, 0.1) is 11.8 Å². The second-order valence-corrected chi connectivity index (χ2v) is 8.39. The van der Waals surface area contributed by atoms with Gasteiger partial charge in [0.15, 0.2) is 12.1 Å². The molecule has 1 rings (SSSR count). The summed E-state index contributed by atoms with van der Waals surface area (Å²) in [6, 6.07) is -1.33. The summed E-state index contributed by atoms with van der Waals surface area (Å²) >= 11 is 0. The van der Waals surface area contributed by atoms with Crippen LogP contribution in [0.4, 0.5) is 4.79 Å². The molecule has 176 valence electrons. The van der Waals surface area contributed by atoms with Gasteiger partial charge in [0.2, 0.25) is 0 Å². The Morgan fingerprint density at radius 3 is 2.42 bits per heavy atom. The van der Waals surface area contributed by atoms with Crippen molar-refractivity contribution in [3.8, 4) is 0 Å². The van der Waals surface area contributed by atoms with E-state index < -0.39 is 66.3 Å². The van der Waals surface area contributed by atoms with Gasteiger partial charge in [0.05, 0.1) is 12.5 Å². The van der Waals surface area contributed by atoms with Crippen LogP contribution in [0.1, 0.15) is 48.0 Å². The van der Waals surface area contributed by atoms with Gasteiger partial charge < -0.3 is 29.0 Å². The Bertz CT molecular complexity index is 669. The van der Waals surface area contributed by atoms with Crippen molar-refractivity contribution >= 4 is 30.5 Å². The Morgan fingerprint density at radius 1 is 1.23 bits per heavy atom. The molecule has 0 unspecified atom stereocenters. The quantitative estimate of drug-likeness (QED) is 0.262. The molecule has 0 spiro atoms. The molecule has 0 aromatic carbocycles. The summed E-state index contributed by atoms with van der Waals surface area (Å²) in [5.74, 6) is -3.85. The highest BCUT2D eigenvalue weighted by molar-refractivity contribution is 5.83. The lowest BCUT2D eigenvalue weighted by atomic mass is 9.95. The molecule has 1 heterocycles. The van der Waals surface area contributed by atoms with Crippen molar-refractivity contribution in [2.75, 3.05) is 13.2 Å². The Labute approximate surface area is 181 Å². The minimum absolute atomic E-state index is 0.0281.